The van der Waals surface area contributed by atoms with E-state index in [0.29, 0.717) is 24.3 Å². The van der Waals surface area contributed by atoms with E-state index in [1.807, 2.05) is 13.8 Å². The zero-order chi connectivity index (χ0) is 13.5. The molecule has 5 heteroatoms. The van der Waals surface area contributed by atoms with Gasteiger partial charge in [0.05, 0.1) is 5.33 Å². The van der Waals surface area contributed by atoms with Gasteiger partial charge in [-0.15, -0.1) is 0 Å². The Morgan fingerprint density at radius 2 is 1.72 bits per heavy atom. The van der Waals surface area contributed by atoms with E-state index in [-0.39, 0.29) is 17.1 Å². The van der Waals surface area contributed by atoms with Gasteiger partial charge in [-0.3, -0.25) is 9.59 Å². The first-order valence-electron chi connectivity index (χ1n) is 5.87. The third-order valence-electron chi connectivity index (χ3n) is 2.59. The van der Waals surface area contributed by atoms with Crippen molar-refractivity contribution in [2.75, 3.05) is 23.7 Å². The minimum absolute atomic E-state index is 0.0124. The molecule has 4 nitrogen and oxygen atoms in total. The van der Waals surface area contributed by atoms with Crippen molar-refractivity contribution >= 4 is 33.4 Å². The average Bonchev–Trinajstić information content (AvgIpc) is 2.40. The molecule has 18 heavy (non-hydrogen) atoms. The standard InChI is InChI=1S/C13H17BrN2O2/c1-3-16(4-2)13(18)10-5-7-11(8-6-10)15-12(17)9-14/h5-8H,3-4,9H2,1-2H3,(H,15,17). The van der Waals surface area contributed by atoms with Crippen LogP contribution >= 0.6 is 15.9 Å². The summed E-state index contributed by atoms with van der Waals surface area (Å²) in [5.41, 5.74) is 1.33. The van der Waals surface area contributed by atoms with Gasteiger partial charge in [0.25, 0.3) is 5.91 Å². The van der Waals surface area contributed by atoms with Crippen LogP contribution in [0.15, 0.2) is 24.3 Å². The van der Waals surface area contributed by atoms with Gasteiger partial charge in [0, 0.05) is 24.3 Å². The number of rotatable bonds is 5. The number of benzene rings is 1. The lowest BCUT2D eigenvalue weighted by Gasteiger charge is -2.18. The molecule has 0 aliphatic rings. The van der Waals surface area contributed by atoms with Crippen LogP contribution in [-0.4, -0.2) is 35.1 Å². The lowest BCUT2D eigenvalue weighted by atomic mass is 10.2. The van der Waals surface area contributed by atoms with Crippen LogP contribution in [0.5, 0.6) is 0 Å². The number of nitrogens with zero attached hydrogens (tertiary/aromatic N) is 1. The fourth-order valence-electron chi connectivity index (χ4n) is 1.58. The molecule has 0 aromatic heterocycles. The molecule has 0 fully saturated rings. The predicted molar refractivity (Wildman–Crippen MR) is 76.1 cm³/mol. The first kappa shape index (κ1) is 14.7. The Kier molecular flexibility index (Phi) is 5.85. The van der Waals surface area contributed by atoms with Crippen LogP contribution in [0.2, 0.25) is 0 Å². The summed E-state index contributed by atoms with van der Waals surface area (Å²) in [6, 6.07) is 6.92. The summed E-state index contributed by atoms with van der Waals surface area (Å²) >= 11 is 3.07. The van der Waals surface area contributed by atoms with Gasteiger partial charge in [0.1, 0.15) is 0 Å². The Balaban J connectivity index is 2.76. The molecule has 0 spiro atoms. The van der Waals surface area contributed by atoms with Gasteiger partial charge in [-0.25, -0.2) is 0 Å². The second-order valence-corrected chi connectivity index (χ2v) is 4.30. The van der Waals surface area contributed by atoms with Crippen molar-refractivity contribution in [3.05, 3.63) is 29.8 Å². The van der Waals surface area contributed by atoms with Crippen LogP contribution in [0.25, 0.3) is 0 Å². The molecule has 2 amide bonds. The van der Waals surface area contributed by atoms with E-state index >= 15 is 0 Å². The van der Waals surface area contributed by atoms with E-state index in [0.717, 1.165) is 0 Å². The fourth-order valence-corrected chi connectivity index (χ4v) is 1.72. The first-order chi connectivity index (χ1) is 8.62. The van der Waals surface area contributed by atoms with E-state index < -0.39 is 0 Å². The van der Waals surface area contributed by atoms with E-state index in [2.05, 4.69) is 21.2 Å². The molecule has 1 aromatic carbocycles. The summed E-state index contributed by atoms with van der Waals surface area (Å²) < 4.78 is 0. The van der Waals surface area contributed by atoms with Gasteiger partial charge in [0.2, 0.25) is 5.91 Å². The largest absolute Gasteiger partial charge is 0.339 e. The highest BCUT2D eigenvalue weighted by molar-refractivity contribution is 9.09. The Morgan fingerprint density at radius 1 is 1.17 bits per heavy atom. The fraction of sp³-hybridized carbons (Fsp3) is 0.385. The highest BCUT2D eigenvalue weighted by atomic mass is 79.9. The average molecular weight is 313 g/mol. The number of hydrogen-bond donors (Lipinski definition) is 1. The van der Waals surface area contributed by atoms with Crippen molar-refractivity contribution in [2.24, 2.45) is 0 Å². The Labute approximate surface area is 115 Å². The maximum atomic E-state index is 12.0. The number of anilines is 1. The maximum Gasteiger partial charge on any atom is 0.253 e. The smallest absolute Gasteiger partial charge is 0.253 e. The highest BCUT2D eigenvalue weighted by Gasteiger charge is 2.11. The monoisotopic (exact) mass is 312 g/mol. The summed E-state index contributed by atoms with van der Waals surface area (Å²) in [5.74, 6) is -0.101. The van der Waals surface area contributed by atoms with Gasteiger partial charge in [-0.05, 0) is 38.1 Å². The molecular weight excluding hydrogens is 296 g/mol. The van der Waals surface area contributed by atoms with Crippen LogP contribution in [-0.2, 0) is 4.79 Å². The molecule has 1 rings (SSSR count). The number of carbonyl (C=O) groups is 2. The van der Waals surface area contributed by atoms with Crippen molar-refractivity contribution in [2.45, 2.75) is 13.8 Å². The Hall–Kier alpha value is -1.36. The zero-order valence-electron chi connectivity index (χ0n) is 10.6. The minimum atomic E-state index is -0.113. The minimum Gasteiger partial charge on any atom is -0.339 e. The number of carbonyl (C=O) groups excluding carboxylic acids is 2. The molecule has 1 aromatic rings. The second-order valence-electron chi connectivity index (χ2n) is 3.74. The second kappa shape index (κ2) is 7.16. The number of nitrogens with one attached hydrogen (secondary N) is 1. The predicted octanol–water partition coefficient (Wildman–Crippen LogP) is 2.50. The van der Waals surface area contributed by atoms with Crippen molar-refractivity contribution in [1.29, 1.82) is 0 Å². The van der Waals surface area contributed by atoms with E-state index in [1.54, 1.807) is 29.2 Å². The van der Waals surface area contributed by atoms with Gasteiger partial charge >= 0.3 is 0 Å². The molecule has 0 saturated carbocycles. The number of hydrogen-bond acceptors (Lipinski definition) is 2. The Morgan fingerprint density at radius 3 is 2.17 bits per heavy atom. The molecule has 0 radical (unpaired) electrons. The zero-order valence-corrected chi connectivity index (χ0v) is 12.2. The highest BCUT2D eigenvalue weighted by Crippen LogP contribution is 2.11. The third-order valence-corrected chi connectivity index (χ3v) is 3.10. The molecule has 0 saturated heterocycles. The van der Waals surface area contributed by atoms with Gasteiger partial charge in [-0.1, -0.05) is 15.9 Å². The van der Waals surface area contributed by atoms with Crippen LogP contribution in [0, 0.1) is 0 Å². The van der Waals surface area contributed by atoms with Crippen molar-refractivity contribution in [3.8, 4) is 0 Å². The van der Waals surface area contributed by atoms with Crippen molar-refractivity contribution in [1.82, 2.24) is 4.90 Å². The van der Waals surface area contributed by atoms with Crippen LogP contribution < -0.4 is 5.32 Å². The number of halogens is 1. The van der Waals surface area contributed by atoms with Crippen LogP contribution in [0.4, 0.5) is 5.69 Å². The van der Waals surface area contributed by atoms with Crippen molar-refractivity contribution < 1.29 is 9.59 Å². The van der Waals surface area contributed by atoms with Gasteiger partial charge < -0.3 is 10.2 Å². The van der Waals surface area contributed by atoms with Crippen LogP contribution in [0.3, 0.4) is 0 Å². The molecular formula is C13H17BrN2O2. The van der Waals surface area contributed by atoms with Crippen molar-refractivity contribution in [3.63, 3.8) is 0 Å². The van der Waals surface area contributed by atoms with E-state index in [1.165, 1.54) is 0 Å². The number of alkyl halides is 1. The molecule has 98 valence electrons. The lowest BCUT2D eigenvalue weighted by molar-refractivity contribution is -0.113. The topological polar surface area (TPSA) is 49.4 Å². The molecule has 0 heterocycles. The summed E-state index contributed by atoms with van der Waals surface area (Å²) in [5, 5.41) is 2.96. The SMILES string of the molecule is CCN(CC)C(=O)c1ccc(NC(=O)CBr)cc1. The van der Waals surface area contributed by atoms with E-state index in [9.17, 15) is 9.59 Å². The molecule has 0 aliphatic carbocycles. The Bertz CT molecular complexity index is 414. The molecule has 0 atom stereocenters. The van der Waals surface area contributed by atoms with E-state index in [4.69, 9.17) is 0 Å². The quantitative estimate of drug-likeness (QED) is 0.849. The van der Waals surface area contributed by atoms with Gasteiger partial charge in [-0.2, -0.15) is 0 Å². The first-order valence-corrected chi connectivity index (χ1v) is 6.99. The maximum absolute atomic E-state index is 12.0. The lowest BCUT2D eigenvalue weighted by Crippen LogP contribution is -2.30. The number of amides is 2. The summed E-state index contributed by atoms with van der Waals surface area (Å²) in [6.07, 6.45) is 0. The van der Waals surface area contributed by atoms with Gasteiger partial charge in [0.15, 0.2) is 0 Å². The molecule has 0 unspecified atom stereocenters. The molecule has 0 bridgehead atoms. The summed E-state index contributed by atoms with van der Waals surface area (Å²) in [6.45, 7) is 5.28. The normalized spacial score (nSPS) is 9.94. The third kappa shape index (κ3) is 3.84. The van der Waals surface area contributed by atoms with Crippen LogP contribution in [0.1, 0.15) is 24.2 Å². The summed E-state index contributed by atoms with van der Waals surface area (Å²) in [7, 11) is 0. The molecule has 0 aliphatic heterocycles. The molecule has 1 N–H and O–H groups in total. The summed E-state index contributed by atoms with van der Waals surface area (Å²) in [4.78, 5) is 25.0.